The molecule has 5 heteroatoms. The van der Waals surface area contributed by atoms with Crippen LogP contribution in [0.15, 0.2) is 66.7 Å². The fourth-order valence-electron chi connectivity index (χ4n) is 2.89. The Morgan fingerprint density at radius 2 is 1.67 bits per heavy atom. The number of carbonyl (C=O) groups is 1. The van der Waals surface area contributed by atoms with Crippen molar-refractivity contribution >= 4 is 32.6 Å². The van der Waals surface area contributed by atoms with Crippen LogP contribution in [0, 0.1) is 13.8 Å². The van der Waals surface area contributed by atoms with Crippen molar-refractivity contribution in [3.8, 4) is 11.5 Å². The summed E-state index contributed by atoms with van der Waals surface area (Å²) in [4.78, 5) is 17.1. The lowest BCUT2D eigenvalue weighted by molar-refractivity contribution is 0.102. The first-order valence-electron chi connectivity index (χ1n) is 8.60. The minimum Gasteiger partial charge on any atom is -0.457 e. The van der Waals surface area contributed by atoms with Crippen molar-refractivity contribution in [2.24, 2.45) is 0 Å². The number of rotatable bonds is 4. The molecule has 4 aromatic rings. The summed E-state index contributed by atoms with van der Waals surface area (Å²) >= 11 is 1.49. The Hall–Kier alpha value is -3.18. The molecule has 0 saturated heterocycles. The molecule has 27 heavy (non-hydrogen) atoms. The molecule has 4 rings (SSSR count). The topological polar surface area (TPSA) is 51.2 Å². The molecule has 0 spiro atoms. The van der Waals surface area contributed by atoms with Crippen LogP contribution in [-0.4, -0.2) is 10.9 Å². The van der Waals surface area contributed by atoms with Crippen LogP contribution in [0.2, 0.25) is 0 Å². The number of hydrogen-bond acceptors (Lipinski definition) is 4. The number of carbonyl (C=O) groups excluding carboxylic acids is 1. The average molecular weight is 374 g/mol. The molecule has 0 fully saturated rings. The number of aryl methyl sites for hydroxylation is 2. The molecule has 134 valence electrons. The van der Waals surface area contributed by atoms with Crippen LogP contribution in [0.5, 0.6) is 11.5 Å². The van der Waals surface area contributed by atoms with Crippen molar-refractivity contribution in [3.05, 3.63) is 83.4 Å². The van der Waals surface area contributed by atoms with Gasteiger partial charge < -0.3 is 4.74 Å². The van der Waals surface area contributed by atoms with E-state index in [0.29, 0.717) is 16.4 Å². The summed E-state index contributed by atoms with van der Waals surface area (Å²) in [5.74, 6) is 1.26. The third-order valence-corrected chi connectivity index (χ3v) is 5.06. The molecule has 0 unspecified atom stereocenters. The first-order chi connectivity index (χ1) is 13.1. The number of para-hydroxylation sites is 1. The molecule has 0 saturated carbocycles. The van der Waals surface area contributed by atoms with Gasteiger partial charge in [0.05, 0.1) is 10.2 Å². The Morgan fingerprint density at radius 3 is 2.41 bits per heavy atom. The quantitative estimate of drug-likeness (QED) is 0.480. The predicted octanol–water partition coefficient (Wildman–Crippen LogP) is 5.96. The summed E-state index contributed by atoms with van der Waals surface area (Å²) in [7, 11) is 0. The fraction of sp³-hybridized carbons (Fsp3) is 0.0909. The van der Waals surface area contributed by atoms with Gasteiger partial charge in [0.2, 0.25) is 0 Å². The number of fused-ring (bicyclic) bond motifs is 1. The second-order valence-electron chi connectivity index (χ2n) is 6.34. The summed E-state index contributed by atoms with van der Waals surface area (Å²) < 4.78 is 6.83. The third-order valence-electron chi connectivity index (χ3n) is 4.15. The van der Waals surface area contributed by atoms with E-state index in [1.165, 1.54) is 16.9 Å². The lowest BCUT2D eigenvalue weighted by Gasteiger charge is -2.06. The molecule has 0 radical (unpaired) electrons. The third kappa shape index (κ3) is 3.83. The second-order valence-corrected chi connectivity index (χ2v) is 7.37. The number of ether oxygens (including phenoxy) is 1. The van der Waals surface area contributed by atoms with Gasteiger partial charge in [-0.3, -0.25) is 10.1 Å². The lowest BCUT2D eigenvalue weighted by Crippen LogP contribution is -2.11. The number of nitrogens with one attached hydrogen (secondary N) is 1. The van der Waals surface area contributed by atoms with Crippen molar-refractivity contribution in [2.45, 2.75) is 13.8 Å². The zero-order chi connectivity index (χ0) is 18.8. The minimum absolute atomic E-state index is 0.185. The van der Waals surface area contributed by atoms with E-state index >= 15 is 0 Å². The highest BCUT2D eigenvalue weighted by Gasteiger charge is 2.12. The van der Waals surface area contributed by atoms with Crippen LogP contribution in [0.4, 0.5) is 5.13 Å². The molecular weight excluding hydrogens is 356 g/mol. The Kier molecular flexibility index (Phi) is 4.60. The van der Waals surface area contributed by atoms with E-state index in [0.717, 1.165) is 21.5 Å². The van der Waals surface area contributed by atoms with Crippen molar-refractivity contribution in [2.75, 3.05) is 5.32 Å². The highest BCUT2D eigenvalue weighted by Crippen LogP contribution is 2.29. The van der Waals surface area contributed by atoms with Gasteiger partial charge in [0.25, 0.3) is 5.91 Å². The van der Waals surface area contributed by atoms with Gasteiger partial charge in [-0.2, -0.15) is 0 Å². The largest absolute Gasteiger partial charge is 0.457 e. The van der Waals surface area contributed by atoms with Crippen LogP contribution in [0.25, 0.3) is 10.2 Å². The number of amides is 1. The maximum absolute atomic E-state index is 12.5. The molecule has 1 aromatic heterocycles. The summed E-state index contributed by atoms with van der Waals surface area (Å²) in [6, 6.07) is 20.8. The lowest BCUT2D eigenvalue weighted by atomic mass is 10.1. The SMILES string of the molecule is Cc1cc(C)c2nc(NC(=O)c3ccc(Oc4ccccc4)cc3)sc2c1. The zero-order valence-electron chi connectivity index (χ0n) is 15.0. The molecule has 1 heterocycles. The van der Waals surface area contributed by atoms with Crippen molar-refractivity contribution in [1.82, 2.24) is 4.98 Å². The number of hydrogen-bond donors (Lipinski definition) is 1. The first kappa shape index (κ1) is 17.2. The Bertz CT molecular complexity index is 1100. The second kappa shape index (κ2) is 7.21. The molecule has 0 atom stereocenters. The van der Waals surface area contributed by atoms with E-state index in [-0.39, 0.29) is 5.91 Å². The average Bonchev–Trinajstić information content (AvgIpc) is 3.06. The zero-order valence-corrected chi connectivity index (χ0v) is 15.8. The van der Waals surface area contributed by atoms with E-state index in [4.69, 9.17) is 4.74 Å². The monoisotopic (exact) mass is 374 g/mol. The summed E-state index contributed by atoms with van der Waals surface area (Å²) in [5, 5.41) is 3.50. The van der Waals surface area contributed by atoms with E-state index in [1.54, 1.807) is 24.3 Å². The summed E-state index contributed by atoms with van der Waals surface area (Å²) in [5.41, 5.74) is 3.80. The Labute approximate surface area is 161 Å². The van der Waals surface area contributed by atoms with Crippen molar-refractivity contribution in [1.29, 1.82) is 0 Å². The summed E-state index contributed by atoms with van der Waals surface area (Å²) in [6.45, 7) is 4.09. The van der Waals surface area contributed by atoms with Gasteiger partial charge in [-0.15, -0.1) is 0 Å². The maximum Gasteiger partial charge on any atom is 0.257 e. The Morgan fingerprint density at radius 1 is 0.963 bits per heavy atom. The van der Waals surface area contributed by atoms with Gasteiger partial charge >= 0.3 is 0 Å². The minimum atomic E-state index is -0.185. The standard InChI is InChI=1S/C22H18N2O2S/c1-14-12-15(2)20-19(13-14)27-22(23-20)24-21(25)16-8-10-18(11-9-16)26-17-6-4-3-5-7-17/h3-13H,1-2H3,(H,23,24,25). The van der Waals surface area contributed by atoms with Crippen molar-refractivity contribution < 1.29 is 9.53 Å². The van der Waals surface area contributed by atoms with Crippen LogP contribution in [0.3, 0.4) is 0 Å². The van der Waals surface area contributed by atoms with Gasteiger partial charge in [0.1, 0.15) is 11.5 Å². The molecule has 1 amide bonds. The molecule has 0 aliphatic heterocycles. The Balaban J connectivity index is 1.49. The molecule has 3 aromatic carbocycles. The smallest absolute Gasteiger partial charge is 0.257 e. The van der Waals surface area contributed by atoms with Gasteiger partial charge in [-0.25, -0.2) is 4.98 Å². The molecule has 4 nitrogen and oxygen atoms in total. The van der Waals surface area contributed by atoms with E-state index in [9.17, 15) is 4.79 Å². The van der Waals surface area contributed by atoms with E-state index < -0.39 is 0 Å². The number of thiazole rings is 1. The summed E-state index contributed by atoms with van der Waals surface area (Å²) in [6.07, 6.45) is 0. The number of aromatic nitrogens is 1. The molecule has 0 aliphatic rings. The van der Waals surface area contributed by atoms with Crippen molar-refractivity contribution in [3.63, 3.8) is 0 Å². The highest BCUT2D eigenvalue weighted by molar-refractivity contribution is 7.22. The van der Waals surface area contributed by atoms with E-state index in [1.807, 2.05) is 37.3 Å². The highest BCUT2D eigenvalue weighted by atomic mass is 32.1. The number of benzene rings is 3. The van der Waals surface area contributed by atoms with Gasteiger partial charge in [0.15, 0.2) is 5.13 Å². The predicted molar refractivity (Wildman–Crippen MR) is 110 cm³/mol. The molecule has 1 N–H and O–H groups in total. The maximum atomic E-state index is 12.5. The van der Waals surface area contributed by atoms with Gasteiger partial charge in [-0.1, -0.05) is 35.6 Å². The van der Waals surface area contributed by atoms with Crippen LogP contribution in [-0.2, 0) is 0 Å². The fourth-order valence-corrected chi connectivity index (χ4v) is 3.93. The molecular formula is C22H18N2O2S. The van der Waals surface area contributed by atoms with Crippen LogP contribution >= 0.6 is 11.3 Å². The number of anilines is 1. The number of nitrogens with zero attached hydrogens (tertiary/aromatic N) is 1. The molecule has 0 bridgehead atoms. The van der Waals surface area contributed by atoms with E-state index in [2.05, 4.69) is 29.4 Å². The van der Waals surface area contributed by atoms with Gasteiger partial charge in [-0.05, 0) is 67.4 Å². The van der Waals surface area contributed by atoms with Gasteiger partial charge in [0, 0.05) is 5.56 Å². The normalized spacial score (nSPS) is 10.7. The van der Waals surface area contributed by atoms with Crippen LogP contribution < -0.4 is 10.1 Å². The first-order valence-corrected chi connectivity index (χ1v) is 9.42. The molecule has 0 aliphatic carbocycles. The van der Waals surface area contributed by atoms with Crippen LogP contribution in [0.1, 0.15) is 21.5 Å².